The Morgan fingerprint density at radius 3 is 2.76 bits per heavy atom. The van der Waals surface area contributed by atoms with E-state index in [4.69, 9.17) is 11.6 Å². The predicted octanol–water partition coefficient (Wildman–Crippen LogP) is 0.451. The molecule has 6 nitrogen and oxygen atoms in total. The Balaban J connectivity index is 2.16. The highest BCUT2D eigenvalue weighted by Gasteiger charge is 2.33. The molecule has 17 heavy (non-hydrogen) atoms. The van der Waals surface area contributed by atoms with E-state index in [0.29, 0.717) is 0 Å². The summed E-state index contributed by atoms with van der Waals surface area (Å²) in [5, 5.41) is 7.41. The van der Waals surface area contributed by atoms with Crippen molar-refractivity contribution in [2.75, 3.05) is 18.1 Å². The first kappa shape index (κ1) is 12.7. The van der Waals surface area contributed by atoms with Gasteiger partial charge in [-0.15, -0.1) is 10.2 Å². The second-order valence-corrected chi connectivity index (χ2v) is 7.61. The minimum absolute atomic E-state index is 0.00435. The van der Waals surface area contributed by atoms with E-state index in [2.05, 4.69) is 10.2 Å². The summed E-state index contributed by atoms with van der Waals surface area (Å²) < 4.78 is 23.0. The van der Waals surface area contributed by atoms with Crippen molar-refractivity contribution in [1.82, 2.24) is 15.1 Å². The van der Waals surface area contributed by atoms with Gasteiger partial charge in [-0.25, -0.2) is 8.42 Å². The van der Waals surface area contributed by atoms with Crippen molar-refractivity contribution in [3.05, 3.63) is 9.47 Å². The van der Waals surface area contributed by atoms with Crippen LogP contribution in [0.5, 0.6) is 0 Å². The third-order valence-corrected chi connectivity index (χ3v) is 5.32. The number of aromatic nitrogens is 2. The van der Waals surface area contributed by atoms with Crippen molar-refractivity contribution >= 4 is 38.7 Å². The van der Waals surface area contributed by atoms with Gasteiger partial charge < -0.3 is 4.90 Å². The quantitative estimate of drug-likeness (QED) is 0.751. The van der Waals surface area contributed by atoms with E-state index in [1.165, 1.54) is 4.90 Å². The lowest BCUT2D eigenvalue weighted by Crippen LogP contribution is -2.49. The molecule has 1 aliphatic rings. The zero-order valence-corrected chi connectivity index (χ0v) is 11.3. The van der Waals surface area contributed by atoms with Gasteiger partial charge in [0.25, 0.3) is 5.91 Å². The number of carbonyl (C=O) groups excluding carboxylic acids is 1. The molecular formula is C8H10ClN3O3S2. The van der Waals surface area contributed by atoms with E-state index < -0.39 is 9.84 Å². The Morgan fingerprint density at radius 2 is 2.24 bits per heavy atom. The molecule has 1 atom stereocenters. The first-order chi connectivity index (χ1) is 7.89. The fourth-order valence-corrected chi connectivity index (χ4v) is 4.06. The molecule has 1 amide bonds. The highest BCUT2D eigenvalue weighted by molar-refractivity contribution is 7.91. The van der Waals surface area contributed by atoms with Crippen LogP contribution in [0.3, 0.4) is 0 Å². The molecule has 1 fully saturated rings. The Bertz CT molecular complexity index is 542. The zero-order valence-electron chi connectivity index (χ0n) is 8.96. The number of hydrogen-bond acceptors (Lipinski definition) is 6. The predicted molar refractivity (Wildman–Crippen MR) is 64.1 cm³/mol. The van der Waals surface area contributed by atoms with Crippen LogP contribution in [0.4, 0.5) is 0 Å². The smallest absolute Gasteiger partial charge is 0.285 e. The third kappa shape index (κ3) is 2.75. The third-order valence-electron chi connectivity index (χ3n) is 2.51. The molecule has 1 saturated heterocycles. The van der Waals surface area contributed by atoms with E-state index in [1.54, 1.807) is 6.92 Å². The molecule has 0 N–H and O–H groups in total. The summed E-state index contributed by atoms with van der Waals surface area (Å²) in [5.74, 6) is -0.322. The number of rotatable bonds is 1. The van der Waals surface area contributed by atoms with Gasteiger partial charge in [0, 0.05) is 12.6 Å². The molecule has 0 aromatic carbocycles. The number of carbonyl (C=O) groups is 1. The van der Waals surface area contributed by atoms with Crippen molar-refractivity contribution in [2.24, 2.45) is 0 Å². The number of halogens is 1. The van der Waals surface area contributed by atoms with Crippen LogP contribution in [0.15, 0.2) is 0 Å². The maximum atomic E-state index is 12.0. The van der Waals surface area contributed by atoms with Gasteiger partial charge in [0.05, 0.1) is 11.5 Å². The lowest BCUT2D eigenvalue weighted by molar-refractivity contribution is 0.0711. The summed E-state index contributed by atoms with van der Waals surface area (Å²) in [6.07, 6.45) is 0. The van der Waals surface area contributed by atoms with Gasteiger partial charge >= 0.3 is 0 Å². The van der Waals surface area contributed by atoms with Crippen LogP contribution < -0.4 is 0 Å². The van der Waals surface area contributed by atoms with Gasteiger partial charge in [-0.2, -0.15) is 0 Å². The first-order valence-corrected chi connectivity index (χ1v) is 7.91. The van der Waals surface area contributed by atoms with Crippen LogP contribution in [0, 0.1) is 0 Å². The molecule has 1 unspecified atom stereocenters. The normalized spacial score (nSPS) is 23.6. The molecule has 0 aliphatic carbocycles. The van der Waals surface area contributed by atoms with Crippen molar-refractivity contribution in [2.45, 2.75) is 13.0 Å². The number of nitrogens with zero attached hydrogens (tertiary/aromatic N) is 3. The molecule has 0 radical (unpaired) electrons. The summed E-state index contributed by atoms with van der Waals surface area (Å²) in [6, 6.07) is -0.344. The van der Waals surface area contributed by atoms with E-state index in [9.17, 15) is 13.2 Å². The lowest BCUT2D eigenvalue weighted by atomic mass is 10.3. The highest BCUT2D eigenvalue weighted by atomic mass is 35.5. The Hall–Kier alpha value is -0.730. The Kier molecular flexibility index (Phi) is 3.37. The average Bonchev–Trinajstić information content (AvgIpc) is 2.62. The first-order valence-electron chi connectivity index (χ1n) is 4.89. The molecule has 94 valence electrons. The van der Waals surface area contributed by atoms with Crippen LogP contribution >= 0.6 is 22.9 Å². The monoisotopic (exact) mass is 295 g/mol. The molecular weight excluding hydrogens is 286 g/mol. The summed E-state index contributed by atoms with van der Waals surface area (Å²) >= 11 is 6.60. The molecule has 1 aromatic heterocycles. The van der Waals surface area contributed by atoms with Gasteiger partial charge in [0.2, 0.25) is 9.47 Å². The molecule has 2 rings (SSSR count). The largest absolute Gasteiger partial charge is 0.332 e. The van der Waals surface area contributed by atoms with Gasteiger partial charge in [-0.3, -0.25) is 4.79 Å². The maximum absolute atomic E-state index is 12.0. The van der Waals surface area contributed by atoms with Crippen LogP contribution in [-0.4, -0.2) is 53.5 Å². The van der Waals surface area contributed by atoms with Crippen molar-refractivity contribution in [3.63, 3.8) is 0 Å². The lowest BCUT2D eigenvalue weighted by Gasteiger charge is -2.32. The average molecular weight is 296 g/mol. The number of hydrogen-bond donors (Lipinski definition) is 0. The Morgan fingerprint density at radius 1 is 1.53 bits per heavy atom. The van der Waals surface area contributed by atoms with Gasteiger partial charge in [-0.05, 0) is 18.5 Å². The van der Waals surface area contributed by atoms with Crippen molar-refractivity contribution in [1.29, 1.82) is 0 Å². The van der Waals surface area contributed by atoms with E-state index in [1.807, 2.05) is 0 Å². The van der Waals surface area contributed by atoms with E-state index >= 15 is 0 Å². The van der Waals surface area contributed by atoms with Crippen LogP contribution in [0.1, 0.15) is 16.7 Å². The fraction of sp³-hybridized carbons (Fsp3) is 0.625. The topological polar surface area (TPSA) is 80.2 Å². The van der Waals surface area contributed by atoms with Crippen LogP contribution in [-0.2, 0) is 9.84 Å². The zero-order chi connectivity index (χ0) is 12.6. The molecule has 1 aliphatic heterocycles. The summed E-state index contributed by atoms with van der Waals surface area (Å²) in [7, 11) is -3.03. The second kappa shape index (κ2) is 4.51. The maximum Gasteiger partial charge on any atom is 0.285 e. The molecule has 9 heteroatoms. The van der Waals surface area contributed by atoms with Crippen LogP contribution in [0.2, 0.25) is 4.47 Å². The SMILES string of the molecule is CC1CS(=O)(=O)CCN1C(=O)c1nnc(Cl)s1. The summed E-state index contributed by atoms with van der Waals surface area (Å²) in [5.41, 5.74) is 0. The summed E-state index contributed by atoms with van der Waals surface area (Å²) in [4.78, 5) is 13.5. The van der Waals surface area contributed by atoms with Gasteiger partial charge in [0.1, 0.15) is 0 Å². The molecule has 0 bridgehead atoms. The highest BCUT2D eigenvalue weighted by Crippen LogP contribution is 2.20. The van der Waals surface area contributed by atoms with Gasteiger partial charge in [-0.1, -0.05) is 11.3 Å². The number of sulfone groups is 1. The standard InChI is InChI=1S/C8H10ClN3O3S2/c1-5-4-17(14,15)3-2-12(5)7(13)6-10-11-8(9)16-6/h5H,2-4H2,1H3. The molecule has 0 spiro atoms. The molecule has 0 saturated carbocycles. The minimum Gasteiger partial charge on any atom is -0.332 e. The Labute approximate surface area is 108 Å². The number of amides is 1. The molecule has 2 heterocycles. The van der Waals surface area contributed by atoms with Crippen molar-refractivity contribution in [3.8, 4) is 0 Å². The van der Waals surface area contributed by atoms with E-state index in [0.717, 1.165) is 11.3 Å². The fourth-order valence-electron chi connectivity index (χ4n) is 1.71. The molecule has 1 aromatic rings. The van der Waals surface area contributed by atoms with E-state index in [-0.39, 0.29) is 39.5 Å². The summed E-state index contributed by atoms with van der Waals surface area (Å²) in [6.45, 7) is 1.90. The second-order valence-electron chi connectivity index (χ2n) is 3.82. The van der Waals surface area contributed by atoms with Gasteiger partial charge in [0.15, 0.2) is 9.84 Å². The van der Waals surface area contributed by atoms with Crippen LogP contribution in [0.25, 0.3) is 0 Å². The van der Waals surface area contributed by atoms with Crippen molar-refractivity contribution < 1.29 is 13.2 Å². The minimum atomic E-state index is -3.03.